The van der Waals surface area contributed by atoms with Gasteiger partial charge in [-0.05, 0) is 43.5 Å². The molecule has 0 aliphatic carbocycles. The maximum Gasteiger partial charge on any atom is 0.120 e. The van der Waals surface area contributed by atoms with Gasteiger partial charge in [0.15, 0.2) is 0 Å². The van der Waals surface area contributed by atoms with Crippen LogP contribution in [0.2, 0.25) is 5.02 Å². The molecule has 0 bridgehead atoms. The van der Waals surface area contributed by atoms with Crippen molar-refractivity contribution in [1.29, 1.82) is 0 Å². The number of rotatable bonds is 7. The molecule has 0 amide bonds. The first-order valence-corrected chi connectivity index (χ1v) is 7.76. The van der Waals surface area contributed by atoms with Gasteiger partial charge in [-0.2, -0.15) is 0 Å². The normalized spacial score (nSPS) is 22.4. The van der Waals surface area contributed by atoms with Gasteiger partial charge in [0.25, 0.3) is 0 Å². The van der Waals surface area contributed by atoms with Crippen LogP contribution in [0.15, 0.2) is 24.3 Å². The average molecular weight is 298 g/mol. The van der Waals surface area contributed by atoms with Crippen LogP contribution in [0.3, 0.4) is 0 Å². The molecule has 1 fully saturated rings. The Hall–Kier alpha value is -0.770. The number of halogens is 1. The Balaban J connectivity index is 1.66. The van der Waals surface area contributed by atoms with Gasteiger partial charge in [0.05, 0.1) is 12.2 Å². The Kier molecular flexibility index (Phi) is 6.14. The van der Waals surface area contributed by atoms with Crippen LogP contribution in [-0.4, -0.2) is 31.9 Å². The van der Waals surface area contributed by atoms with Gasteiger partial charge < -0.3 is 14.8 Å². The quantitative estimate of drug-likeness (QED) is 0.835. The third-order valence-electron chi connectivity index (χ3n) is 3.35. The molecule has 1 heterocycles. The molecule has 0 spiro atoms. The van der Waals surface area contributed by atoms with Crippen molar-refractivity contribution in [1.82, 2.24) is 5.32 Å². The monoisotopic (exact) mass is 297 g/mol. The Bertz CT molecular complexity index is 411. The van der Waals surface area contributed by atoms with Gasteiger partial charge in [0, 0.05) is 11.6 Å². The molecule has 0 radical (unpaired) electrons. The van der Waals surface area contributed by atoms with E-state index in [9.17, 15) is 0 Å². The predicted molar refractivity (Wildman–Crippen MR) is 82.5 cm³/mol. The summed E-state index contributed by atoms with van der Waals surface area (Å²) >= 11 is 5.93. The van der Waals surface area contributed by atoms with Gasteiger partial charge in [0.1, 0.15) is 12.4 Å². The van der Waals surface area contributed by atoms with E-state index in [1.165, 1.54) is 0 Å². The van der Waals surface area contributed by atoms with E-state index in [0.29, 0.717) is 23.7 Å². The maximum absolute atomic E-state index is 5.97. The molecular formula is C16H24ClNO2. The van der Waals surface area contributed by atoms with Gasteiger partial charge in [0.2, 0.25) is 0 Å². The van der Waals surface area contributed by atoms with Gasteiger partial charge in [-0.15, -0.1) is 0 Å². The third kappa shape index (κ3) is 5.31. The Morgan fingerprint density at radius 3 is 2.90 bits per heavy atom. The van der Waals surface area contributed by atoms with Gasteiger partial charge in [-0.25, -0.2) is 0 Å². The van der Waals surface area contributed by atoms with E-state index in [1.807, 2.05) is 24.3 Å². The summed E-state index contributed by atoms with van der Waals surface area (Å²) in [6, 6.07) is 7.49. The third-order valence-corrected chi connectivity index (χ3v) is 3.59. The molecule has 3 nitrogen and oxygen atoms in total. The van der Waals surface area contributed by atoms with E-state index in [1.54, 1.807) is 0 Å². The van der Waals surface area contributed by atoms with Crippen LogP contribution < -0.4 is 10.1 Å². The molecule has 1 aromatic rings. The molecule has 1 saturated heterocycles. The molecule has 112 valence electrons. The lowest BCUT2D eigenvalue weighted by molar-refractivity contribution is 0.0184. The molecule has 4 heteroatoms. The summed E-state index contributed by atoms with van der Waals surface area (Å²) in [5.74, 6) is 1.49. The Morgan fingerprint density at radius 1 is 1.35 bits per heavy atom. The van der Waals surface area contributed by atoms with Crippen molar-refractivity contribution in [2.24, 2.45) is 5.92 Å². The molecule has 1 aliphatic rings. The summed E-state index contributed by atoms with van der Waals surface area (Å²) in [6.45, 7) is 7.00. The second kappa shape index (κ2) is 7.87. The fourth-order valence-corrected chi connectivity index (χ4v) is 2.51. The fraction of sp³-hybridized carbons (Fsp3) is 0.625. The second-order valence-electron chi connectivity index (χ2n) is 5.78. The van der Waals surface area contributed by atoms with E-state index >= 15 is 0 Å². The highest BCUT2D eigenvalue weighted by molar-refractivity contribution is 6.30. The lowest BCUT2D eigenvalue weighted by Gasteiger charge is -2.16. The summed E-state index contributed by atoms with van der Waals surface area (Å²) < 4.78 is 11.7. The summed E-state index contributed by atoms with van der Waals surface area (Å²) in [5, 5.41) is 4.14. The minimum Gasteiger partial charge on any atom is -0.491 e. The van der Waals surface area contributed by atoms with E-state index in [-0.39, 0.29) is 6.10 Å². The van der Waals surface area contributed by atoms with Crippen LogP contribution in [0.25, 0.3) is 0 Å². The highest BCUT2D eigenvalue weighted by Crippen LogP contribution is 2.22. The minimum atomic E-state index is 0.194. The van der Waals surface area contributed by atoms with Crippen molar-refractivity contribution >= 4 is 11.6 Å². The van der Waals surface area contributed by atoms with Gasteiger partial charge in [-0.3, -0.25) is 0 Å². The molecule has 2 rings (SSSR count). The molecule has 0 aromatic heterocycles. The molecule has 0 saturated carbocycles. The van der Waals surface area contributed by atoms with Crippen molar-refractivity contribution in [3.63, 3.8) is 0 Å². The van der Waals surface area contributed by atoms with Crippen molar-refractivity contribution in [2.75, 3.05) is 19.7 Å². The van der Waals surface area contributed by atoms with Gasteiger partial charge in [-0.1, -0.05) is 31.5 Å². The fourth-order valence-electron chi connectivity index (χ4n) is 2.33. The molecule has 1 aliphatic heterocycles. The van der Waals surface area contributed by atoms with Crippen molar-refractivity contribution in [2.45, 2.75) is 38.9 Å². The zero-order valence-electron chi connectivity index (χ0n) is 12.3. The molecule has 2 atom stereocenters. The van der Waals surface area contributed by atoms with E-state index in [2.05, 4.69) is 19.2 Å². The SMILES string of the molecule is CC(C)CNCC1CCC(COc2cccc(Cl)c2)O1. The van der Waals surface area contributed by atoms with Crippen LogP contribution in [0.4, 0.5) is 0 Å². The number of ether oxygens (including phenoxy) is 2. The lowest BCUT2D eigenvalue weighted by Crippen LogP contribution is -2.30. The van der Waals surface area contributed by atoms with Crippen LogP contribution >= 0.6 is 11.6 Å². The average Bonchev–Trinajstić information content (AvgIpc) is 2.84. The number of hydrogen-bond donors (Lipinski definition) is 1. The highest BCUT2D eigenvalue weighted by atomic mass is 35.5. The standard InChI is InChI=1S/C16H24ClNO2/c1-12(2)9-18-10-15-6-7-16(20-15)11-19-14-5-3-4-13(17)8-14/h3-5,8,12,15-16,18H,6-7,9-11H2,1-2H3. The lowest BCUT2D eigenvalue weighted by atomic mass is 10.2. The van der Waals surface area contributed by atoms with Crippen molar-refractivity contribution < 1.29 is 9.47 Å². The topological polar surface area (TPSA) is 30.5 Å². The summed E-state index contributed by atoms with van der Waals surface area (Å²) in [7, 11) is 0. The zero-order valence-corrected chi connectivity index (χ0v) is 13.0. The summed E-state index contributed by atoms with van der Waals surface area (Å²) in [5.41, 5.74) is 0. The van der Waals surface area contributed by atoms with Crippen LogP contribution in [-0.2, 0) is 4.74 Å². The summed E-state index contributed by atoms with van der Waals surface area (Å²) in [6.07, 6.45) is 2.69. The van der Waals surface area contributed by atoms with Crippen molar-refractivity contribution in [3.05, 3.63) is 29.3 Å². The molecular weight excluding hydrogens is 274 g/mol. The molecule has 1 aromatic carbocycles. The largest absolute Gasteiger partial charge is 0.491 e. The number of hydrogen-bond acceptors (Lipinski definition) is 3. The Morgan fingerprint density at radius 2 is 2.15 bits per heavy atom. The zero-order chi connectivity index (χ0) is 14.4. The smallest absolute Gasteiger partial charge is 0.120 e. The van der Waals surface area contributed by atoms with Crippen LogP contribution in [0.5, 0.6) is 5.75 Å². The summed E-state index contributed by atoms with van der Waals surface area (Å²) in [4.78, 5) is 0. The molecule has 20 heavy (non-hydrogen) atoms. The van der Waals surface area contributed by atoms with Gasteiger partial charge >= 0.3 is 0 Å². The number of benzene rings is 1. The minimum absolute atomic E-state index is 0.194. The molecule has 2 unspecified atom stereocenters. The van der Waals surface area contributed by atoms with Crippen LogP contribution in [0, 0.1) is 5.92 Å². The first-order chi connectivity index (χ1) is 9.63. The van der Waals surface area contributed by atoms with E-state index in [4.69, 9.17) is 21.1 Å². The Labute approximate surface area is 126 Å². The molecule has 1 N–H and O–H groups in total. The highest BCUT2D eigenvalue weighted by Gasteiger charge is 2.25. The predicted octanol–water partition coefficient (Wildman–Crippen LogP) is 3.51. The van der Waals surface area contributed by atoms with Crippen LogP contribution in [0.1, 0.15) is 26.7 Å². The first-order valence-electron chi connectivity index (χ1n) is 7.38. The maximum atomic E-state index is 5.97. The van der Waals surface area contributed by atoms with E-state index < -0.39 is 0 Å². The number of nitrogens with one attached hydrogen (secondary N) is 1. The van der Waals surface area contributed by atoms with E-state index in [0.717, 1.165) is 31.7 Å². The first kappa shape index (κ1) is 15.6. The van der Waals surface area contributed by atoms with Crippen molar-refractivity contribution in [3.8, 4) is 5.75 Å². The second-order valence-corrected chi connectivity index (χ2v) is 6.21.